The molecule has 108 valence electrons. The van der Waals surface area contributed by atoms with Crippen LogP contribution in [0.3, 0.4) is 0 Å². The molecule has 3 N–H and O–H groups in total. The number of phenolic OH excluding ortho intramolecular Hbond substituents is 1. The third kappa shape index (κ3) is 3.32. The zero-order valence-electron chi connectivity index (χ0n) is 11.1. The standard InChI is InChI=1S/C15H12ClNO4/c1-8-2-3-9(6-13(8)18)14(19)17-10-4-5-12(16)11(7-10)15(20)21/h2-7,18H,1H3,(H,17,19)(H,20,21). The van der Waals surface area contributed by atoms with E-state index in [-0.39, 0.29) is 21.9 Å². The highest BCUT2D eigenvalue weighted by molar-refractivity contribution is 6.33. The third-order valence-corrected chi connectivity index (χ3v) is 3.26. The summed E-state index contributed by atoms with van der Waals surface area (Å²) in [5.74, 6) is -1.61. The zero-order valence-corrected chi connectivity index (χ0v) is 11.8. The van der Waals surface area contributed by atoms with Crippen LogP contribution in [0.2, 0.25) is 5.02 Å². The maximum Gasteiger partial charge on any atom is 0.337 e. The Labute approximate surface area is 125 Å². The lowest BCUT2D eigenvalue weighted by molar-refractivity contribution is 0.0696. The van der Waals surface area contributed by atoms with Crippen LogP contribution in [0.15, 0.2) is 36.4 Å². The molecule has 0 radical (unpaired) electrons. The number of aromatic carboxylic acids is 1. The Morgan fingerprint density at radius 1 is 1.14 bits per heavy atom. The minimum absolute atomic E-state index is 0.0185. The SMILES string of the molecule is Cc1ccc(C(=O)Nc2ccc(Cl)c(C(=O)O)c2)cc1O. The Hall–Kier alpha value is -2.53. The van der Waals surface area contributed by atoms with Crippen molar-refractivity contribution in [2.75, 3.05) is 5.32 Å². The van der Waals surface area contributed by atoms with Crippen LogP contribution in [0.25, 0.3) is 0 Å². The average molecular weight is 306 g/mol. The summed E-state index contributed by atoms with van der Waals surface area (Å²) < 4.78 is 0. The van der Waals surface area contributed by atoms with Crippen LogP contribution in [-0.4, -0.2) is 22.1 Å². The largest absolute Gasteiger partial charge is 0.508 e. The fraction of sp³-hybridized carbons (Fsp3) is 0.0667. The van der Waals surface area contributed by atoms with Gasteiger partial charge < -0.3 is 15.5 Å². The summed E-state index contributed by atoms with van der Waals surface area (Å²) in [5, 5.41) is 21.2. The highest BCUT2D eigenvalue weighted by atomic mass is 35.5. The predicted octanol–water partition coefficient (Wildman–Crippen LogP) is 3.30. The molecule has 0 aliphatic rings. The number of rotatable bonds is 3. The van der Waals surface area contributed by atoms with Crippen LogP contribution in [0, 0.1) is 6.92 Å². The van der Waals surface area contributed by atoms with E-state index in [2.05, 4.69) is 5.32 Å². The van der Waals surface area contributed by atoms with Crippen LogP contribution in [0.1, 0.15) is 26.3 Å². The molecule has 2 rings (SSSR count). The molecule has 21 heavy (non-hydrogen) atoms. The first-order valence-corrected chi connectivity index (χ1v) is 6.40. The van der Waals surface area contributed by atoms with Gasteiger partial charge in [-0.2, -0.15) is 0 Å². The molecule has 0 aliphatic carbocycles. The Balaban J connectivity index is 2.25. The lowest BCUT2D eigenvalue weighted by atomic mass is 10.1. The van der Waals surface area contributed by atoms with Gasteiger partial charge in [-0.15, -0.1) is 0 Å². The summed E-state index contributed by atoms with van der Waals surface area (Å²) in [5.41, 5.74) is 1.14. The molecule has 5 nitrogen and oxygen atoms in total. The number of nitrogens with one attached hydrogen (secondary N) is 1. The van der Waals surface area contributed by atoms with Crippen LogP contribution in [0.4, 0.5) is 5.69 Å². The quantitative estimate of drug-likeness (QED) is 0.812. The Kier molecular flexibility index (Phi) is 4.14. The van der Waals surface area contributed by atoms with E-state index in [1.54, 1.807) is 19.1 Å². The van der Waals surface area contributed by atoms with E-state index in [0.29, 0.717) is 11.3 Å². The van der Waals surface area contributed by atoms with Gasteiger partial charge >= 0.3 is 5.97 Å². The second kappa shape index (κ2) is 5.85. The number of hydrogen-bond donors (Lipinski definition) is 3. The molecular formula is C15H12ClNO4. The highest BCUT2D eigenvalue weighted by Gasteiger charge is 2.12. The molecule has 0 aromatic heterocycles. The fourth-order valence-electron chi connectivity index (χ4n) is 1.72. The summed E-state index contributed by atoms with van der Waals surface area (Å²) in [6.07, 6.45) is 0. The van der Waals surface area contributed by atoms with Crippen molar-refractivity contribution in [2.45, 2.75) is 6.92 Å². The first kappa shape index (κ1) is 14.9. The smallest absolute Gasteiger partial charge is 0.337 e. The van der Waals surface area contributed by atoms with Gasteiger partial charge in [-0.3, -0.25) is 4.79 Å². The average Bonchev–Trinajstić information content (AvgIpc) is 2.43. The van der Waals surface area contributed by atoms with E-state index in [4.69, 9.17) is 16.7 Å². The first-order chi connectivity index (χ1) is 9.88. The number of anilines is 1. The third-order valence-electron chi connectivity index (χ3n) is 2.93. The van der Waals surface area contributed by atoms with Crippen molar-refractivity contribution in [1.29, 1.82) is 0 Å². The molecule has 0 atom stereocenters. The molecule has 0 unspecified atom stereocenters. The molecule has 0 saturated carbocycles. The van der Waals surface area contributed by atoms with Crippen molar-refractivity contribution in [2.24, 2.45) is 0 Å². The summed E-state index contributed by atoms with van der Waals surface area (Å²) in [6.45, 7) is 1.72. The van der Waals surface area contributed by atoms with Gasteiger partial charge in [0.05, 0.1) is 10.6 Å². The van der Waals surface area contributed by atoms with E-state index < -0.39 is 11.9 Å². The number of carboxylic acid groups (broad SMARTS) is 1. The molecule has 0 fully saturated rings. The van der Waals surface area contributed by atoms with Crippen molar-refractivity contribution in [1.82, 2.24) is 0 Å². The Morgan fingerprint density at radius 3 is 2.48 bits per heavy atom. The number of carboxylic acids is 1. The summed E-state index contributed by atoms with van der Waals surface area (Å²) in [6, 6.07) is 8.70. The number of hydrogen-bond acceptors (Lipinski definition) is 3. The van der Waals surface area contributed by atoms with Gasteiger partial charge in [0.25, 0.3) is 5.91 Å². The van der Waals surface area contributed by atoms with Gasteiger partial charge in [-0.25, -0.2) is 4.79 Å². The number of carbonyl (C=O) groups excluding carboxylic acids is 1. The fourth-order valence-corrected chi connectivity index (χ4v) is 1.92. The highest BCUT2D eigenvalue weighted by Crippen LogP contribution is 2.22. The zero-order chi connectivity index (χ0) is 15.6. The van der Waals surface area contributed by atoms with Crippen molar-refractivity contribution in [3.8, 4) is 5.75 Å². The summed E-state index contributed by atoms with van der Waals surface area (Å²) in [7, 11) is 0. The maximum absolute atomic E-state index is 12.0. The lowest BCUT2D eigenvalue weighted by Crippen LogP contribution is -2.12. The maximum atomic E-state index is 12.0. The van der Waals surface area contributed by atoms with E-state index >= 15 is 0 Å². The molecule has 0 spiro atoms. The number of amides is 1. The van der Waals surface area contributed by atoms with Gasteiger partial charge in [0.1, 0.15) is 5.75 Å². The number of aromatic hydroxyl groups is 1. The number of carbonyl (C=O) groups is 2. The molecule has 0 saturated heterocycles. The molecule has 0 bridgehead atoms. The summed E-state index contributed by atoms with van der Waals surface area (Å²) in [4.78, 5) is 23.0. The Morgan fingerprint density at radius 2 is 1.86 bits per heavy atom. The molecular weight excluding hydrogens is 294 g/mol. The monoisotopic (exact) mass is 305 g/mol. The van der Waals surface area contributed by atoms with Gasteiger partial charge in [0, 0.05) is 11.3 Å². The molecule has 0 aliphatic heterocycles. The van der Waals surface area contributed by atoms with E-state index in [1.807, 2.05) is 0 Å². The second-order valence-electron chi connectivity index (χ2n) is 4.46. The van der Waals surface area contributed by atoms with Gasteiger partial charge in [-0.1, -0.05) is 17.7 Å². The molecule has 0 heterocycles. The Bertz CT molecular complexity index is 728. The van der Waals surface area contributed by atoms with Crippen LogP contribution in [0.5, 0.6) is 5.75 Å². The van der Waals surface area contributed by atoms with E-state index in [1.165, 1.54) is 24.3 Å². The molecule has 2 aromatic rings. The molecule has 2 aromatic carbocycles. The predicted molar refractivity (Wildman–Crippen MR) is 79.2 cm³/mol. The van der Waals surface area contributed by atoms with E-state index in [9.17, 15) is 14.7 Å². The number of phenols is 1. The van der Waals surface area contributed by atoms with Crippen molar-refractivity contribution >= 4 is 29.2 Å². The normalized spacial score (nSPS) is 10.2. The van der Waals surface area contributed by atoms with Crippen molar-refractivity contribution in [3.63, 3.8) is 0 Å². The summed E-state index contributed by atoms with van der Waals surface area (Å²) >= 11 is 5.76. The van der Waals surface area contributed by atoms with E-state index in [0.717, 1.165) is 0 Å². The number of aryl methyl sites for hydroxylation is 1. The molecule has 1 amide bonds. The van der Waals surface area contributed by atoms with Crippen LogP contribution >= 0.6 is 11.6 Å². The van der Waals surface area contributed by atoms with Crippen molar-refractivity contribution in [3.05, 3.63) is 58.1 Å². The van der Waals surface area contributed by atoms with Gasteiger partial charge in [-0.05, 0) is 42.8 Å². The van der Waals surface area contributed by atoms with Gasteiger partial charge in [0.15, 0.2) is 0 Å². The number of halogens is 1. The van der Waals surface area contributed by atoms with Crippen LogP contribution in [-0.2, 0) is 0 Å². The van der Waals surface area contributed by atoms with Crippen molar-refractivity contribution < 1.29 is 19.8 Å². The van der Waals surface area contributed by atoms with Gasteiger partial charge in [0.2, 0.25) is 0 Å². The minimum Gasteiger partial charge on any atom is -0.508 e. The lowest BCUT2D eigenvalue weighted by Gasteiger charge is -2.08. The number of benzene rings is 2. The second-order valence-corrected chi connectivity index (χ2v) is 4.86. The minimum atomic E-state index is -1.18. The topological polar surface area (TPSA) is 86.6 Å². The first-order valence-electron chi connectivity index (χ1n) is 6.02. The van der Waals surface area contributed by atoms with Crippen LogP contribution < -0.4 is 5.32 Å². The molecule has 6 heteroatoms.